The number of nitrogens with zero attached hydrogens (tertiary/aromatic N) is 2. The van der Waals surface area contributed by atoms with E-state index in [2.05, 4.69) is 5.10 Å². The molecule has 0 aliphatic carbocycles. The molecular formula is C11H15F2N3O. The molecule has 0 aromatic carbocycles. The summed E-state index contributed by atoms with van der Waals surface area (Å²) in [6, 6.07) is 1.07. The Morgan fingerprint density at radius 2 is 2.24 bits per heavy atom. The van der Waals surface area contributed by atoms with Crippen LogP contribution >= 0.6 is 0 Å². The van der Waals surface area contributed by atoms with Gasteiger partial charge in [-0.2, -0.15) is 13.9 Å². The summed E-state index contributed by atoms with van der Waals surface area (Å²) in [4.78, 5) is 0. The van der Waals surface area contributed by atoms with Gasteiger partial charge in [-0.05, 0) is 6.92 Å². The largest absolute Gasteiger partial charge is 0.390 e. The summed E-state index contributed by atoms with van der Waals surface area (Å²) in [6.45, 7) is 0.891. The first-order chi connectivity index (χ1) is 8.01. The van der Waals surface area contributed by atoms with Gasteiger partial charge in [0.15, 0.2) is 0 Å². The van der Waals surface area contributed by atoms with Crippen LogP contribution in [0.2, 0.25) is 0 Å². The fourth-order valence-electron chi connectivity index (χ4n) is 1.19. The first kappa shape index (κ1) is 13.4. The Bertz CT molecular complexity index is 424. The number of halogens is 2. The van der Waals surface area contributed by atoms with Gasteiger partial charge < -0.3 is 10.8 Å². The monoisotopic (exact) mass is 243 g/mol. The van der Waals surface area contributed by atoms with E-state index in [1.807, 2.05) is 19.1 Å². The average molecular weight is 243 g/mol. The van der Waals surface area contributed by atoms with Gasteiger partial charge in [-0.25, -0.2) is 4.68 Å². The van der Waals surface area contributed by atoms with Crippen LogP contribution in [0.15, 0.2) is 30.4 Å². The van der Waals surface area contributed by atoms with E-state index >= 15 is 0 Å². The number of aliphatic hydroxyl groups is 1. The molecule has 94 valence electrons. The Kier molecular flexibility index (Phi) is 4.39. The zero-order valence-electron chi connectivity index (χ0n) is 9.48. The second-order valence-corrected chi connectivity index (χ2v) is 3.45. The quantitative estimate of drug-likeness (QED) is 0.773. The number of aromatic nitrogens is 2. The van der Waals surface area contributed by atoms with E-state index in [0.717, 1.165) is 6.07 Å². The number of anilines is 1. The SMILES string of the molecule is CC=CC=CCn1nc(C(F)(F)CO)cc1N. The van der Waals surface area contributed by atoms with Crippen LogP contribution in [0, 0.1) is 0 Å². The summed E-state index contributed by atoms with van der Waals surface area (Å²) < 4.78 is 27.5. The second kappa shape index (κ2) is 5.58. The Hall–Kier alpha value is -1.69. The van der Waals surface area contributed by atoms with Gasteiger partial charge >= 0.3 is 5.92 Å². The van der Waals surface area contributed by atoms with Crippen LogP contribution in [-0.4, -0.2) is 21.5 Å². The predicted molar refractivity (Wildman–Crippen MR) is 61.6 cm³/mol. The van der Waals surface area contributed by atoms with Crippen molar-refractivity contribution in [3.63, 3.8) is 0 Å². The molecule has 1 aromatic heterocycles. The lowest BCUT2D eigenvalue weighted by Gasteiger charge is -2.08. The van der Waals surface area contributed by atoms with Crippen LogP contribution in [0.5, 0.6) is 0 Å². The summed E-state index contributed by atoms with van der Waals surface area (Å²) in [6.07, 6.45) is 7.16. The second-order valence-electron chi connectivity index (χ2n) is 3.45. The molecule has 0 spiro atoms. The number of aliphatic hydroxyl groups excluding tert-OH is 1. The lowest BCUT2D eigenvalue weighted by Crippen LogP contribution is -2.19. The summed E-state index contributed by atoms with van der Waals surface area (Å²) in [5.74, 6) is -3.22. The molecule has 1 heterocycles. The van der Waals surface area contributed by atoms with Gasteiger partial charge in [0.05, 0.1) is 6.54 Å². The van der Waals surface area contributed by atoms with E-state index in [1.165, 1.54) is 4.68 Å². The van der Waals surface area contributed by atoms with Crippen molar-refractivity contribution in [3.05, 3.63) is 36.1 Å². The minimum atomic E-state index is -3.35. The van der Waals surface area contributed by atoms with Crippen LogP contribution in [0.4, 0.5) is 14.6 Å². The molecule has 0 fully saturated rings. The maximum atomic E-state index is 13.1. The Morgan fingerprint density at radius 1 is 1.53 bits per heavy atom. The molecule has 0 unspecified atom stereocenters. The number of hydrogen-bond acceptors (Lipinski definition) is 3. The van der Waals surface area contributed by atoms with Gasteiger partial charge in [-0.1, -0.05) is 24.3 Å². The van der Waals surface area contributed by atoms with E-state index in [0.29, 0.717) is 6.54 Å². The smallest absolute Gasteiger partial charge is 0.314 e. The van der Waals surface area contributed by atoms with Crippen molar-refractivity contribution in [2.75, 3.05) is 12.3 Å². The summed E-state index contributed by atoms with van der Waals surface area (Å²) in [5.41, 5.74) is 5.02. The summed E-state index contributed by atoms with van der Waals surface area (Å²) in [7, 11) is 0. The normalized spacial score (nSPS) is 12.9. The molecule has 4 nitrogen and oxygen atoms in total. The molecule has 0 atom stereocenters. The zero-order chi connectivity index (χ0) is 12.9. The fraction of sp³-hybridized carbons (Fsp3) is 0.364. The highest BCUT2D eigenvalue weighted by atomic mass is 19.3. The van der Waals surface area contributed by atoms with E-state index in [1.54, 1.807) is 12.2 Å². The van der Waals surface area contributed by atoms with E-state index in [-0.39, 0.29) is 5.82 Å². The van der Waals surface area contributed by atoms with Crippen molar-refractivity contribution in [3.8, 4) is 0 Å². The molecule has 1 aromatic rings. The minimum Gasteiger partial charge on any atom is -0.390 e. The molecule has 0 aliphatic heterocycles. The predicted octanol–water partition coefficient (Wildman–Crippen LogP) is 1.68. The lowest BCUT2D eigenvalue weighted by atomic mass is 10.2. The maximum absolute atomic E-state index is 13.1. The number of nitrogens with two attached hydrogens (primary N) is 1. The zero-order valence-corrected chi connectivity index (χ0v) is 9.48. The topological polar surface area (TPSA) is 64.1 Å². The fourth-order valence-corrected chi connectivity index (χ4v) is 1.19. The van der Waals surface area contributed by atoms with E-state index in [4.69, 9.17) is 10.8 Å². The number of hydrogen-bond donors (Lipinski definition) is 2. The van der Waals surface area contributed by atoms with Crippen LogP contribution in [-0.2, 0) is 12.5 Å². The Balaban J connectivity index is 2.82. The van der Waals surface area contributed by atoms with Crippen molar-refractivity contribution < 1.29 is 13.9 Å². The number of alkyl halides is 2. The van der Waals surface area contributed by atoms with Crippen molar-refractivity contribution in [1.29, 1.82) is 0 Å². The standard InChI is InChI=1S/C11H15F2N3O/c1-2-3-4-5-6-16-10(14)7-9(15-16)11(12,13)8-17/h2-5,7,17H,6,8,14H2,1H3. The molecule has 0 aliphatic rings. The third-order valence-electron chi connectivity index (χ3n) is 2.10. The third-order valence-corrected chi connectivity index (χ3v) is 2.10. The number of nitrogen functional groups attached to an aromatic ring is 1. The first-order valence-electron chi connectivity index (χ1n) is 5.11. The minimum absolute atomic E-state index is 0.137. The molecule has 0 saturated carbocycles. The highest BCUT2D eigenvalue weighted by Gasteiger charge is 2.34. The molecule has 6 heteroatoms. The highest BCUT2D eigenvalue weighted by molar-refractivity contribution is 5.33. The van der Waals surface area contributed by atoms with Gasteiger partial charge in [0.25, 0.3) is 0 Å². The summed E-state index contributed by atoms with van der Waals surface area (Å²) >= 11 is 0. The van der Waals surface area contributed by atoms with E-state index < -0.39 is 18.2 Å². The Morgan fingerprint density at radius 3 is 2.82 bits per heavy atom. The Labute approximate surface area is 98.0 Å². The maximum Gasteiger partial charge on any atom is 0.314 e. The van der Waals surface area contributed by atoms with Crippen LogP contribution in [0.25, 0.3) is 0 Å². The molecule has 0 bridgehead atoms. The molecule has 1 rings (SSSR count). The highest BCUT2D eigenvalue weighted by Crippen LogP contribution is 2.27. The lowest BCUT2D eigenvalue weighted by molar-refractivity contribution is -0.0596. The number of rotatable bonds is 5. The van der Waals surface area contributed by atoms with Crippen molar-refractivity contribution in [1.82, 2.24) is 9.78 Å². The number of allylic oxidation sites excluding steroid dienone is 4. The van der Waals surface area contributed by atoms with Gasteiger partial charge in [0.2, 0.25) is 0 Å². The summed E-state index contributed by atoms with van der Waals surface area (Å²) in [5, 5.41) is 12.2. The first-order valence-corrected chi connectivity index (χ1v) is 5.11. The van der Waals surface area contributed by atoms with Gasteiger partial charge in [0, 0.05) is 6.07 Å². The van der Waals surface area contributed by atoms with E-state index in [9.17, 15) is 8.78 Å². The molecular weight excluding hydrogens is 228 g/mol. The van der Waals surface area contributed by atoms with Gasteiger partial charge in [0.1, 0.15) is 18.1 Å². The van der Waals surface area contributed by atoms with Crippen LogP contribution in [0.1, 0.15) is 12.6 Å². The van der Waals surface area contributed by atoms with Gasteiger partial charge in [-0.3, -0.25) is 0 Å². The van der Waals surface area contributed by atoms with Crippen molar-refractivity contribution in [2.24, 2.45) is 0 Å². The van der Waals surface area contributed by atoms with Crippen LogP contribution < -0.4 is 5.73 Å². The molecule has 0 saturated heterocycles. The third kappa shape index (κ3) is 3.39. The van der Waals surface area contributed by atoms with Crippen LogP contribution in [0.3, 0.4) is 0 Å². The molecule has 0 amide bonds. The van der Waals surface area contributed by atoms with Gasteiger partial charge in [-0.15, -0.1) is 0 Å². The molecule has 0 radical (unpaired) electrons. The molecule has 17 heavy (non-hydrogen) atoms. The van der Waals surface area contributed by atoms with Crippen molar-refractivity contribution in [2.45, 2.75) is 19.4 Å². The average Bonchev–Trinajstić information content (AvgIpc) is 2.67. The van der Waals surface area contributed by atoms with Crippen molar-refractivity contribution >= 4 is 5.82 Å². The molecule has 3 N–H and O–H groups in total.